The summed E-state index contributed by atoms with van der Waals surface area (Å²) >= 11 is 6.72. The number of urea groups is 1. The van der Waals surface area contributed by atoms with Gasteiger partial charge in [0, 0.05) is 13.1 Å². The quantitative estimate of drug-likeness (QED) is 0.683. The van der Waals surface area contributed by atoms with Gasteiger partial charge in [0.15, 0.2) is 0 Å². The molecule has 0 aromatic carbocycles. The first-order valence-electron chi connectivity index (χ1n) is 4.41. The van der Waals surface area contributed by atoms with Crippen LogP contribution in [0.4, 0.5) is 4.79 Å². The Morgan fingerprint density at radius 3 is 2.21 bits per heavy atom. The van der Waals surface area contributed by atoms with Crippen molar-refractivity contribution in [3.63, 3.8) is 0 Å². The van der Waals surface area contributed by atoms with Crippen molar-refractivity contribution in [2.45, 2.75) is 17.6 Å². The molecule has 6 heteroatoms. The Bertz CT molecular complexity index is 249. The third-order valence-electron chi connectivity index (χ3n) is 2.72. The van der Waals surface area contributed by atoms with Crippen LogP contribution >= 0.6 is 24.0 Å². The zero-order valence-corrected chi connectivity index (χ0v) is 9.79. The maximum absolute atomic E-state index is 10.9. The normalized spacial score (nSPS) is 20.5. The maximum Gasteiger partial charge on any atom is 0.314 e. The molecule has 2 amide bonds. The van der Waals surface area contributed by atoms with Gasteiger partial charge < -0.3 is 16.4 Å². The Balaban J connectivity index is 2.64. The van der Waals surface area contributed by atoms with E-state index in [1.807, 2.05) is 6.26 Å². The van der Waals surface area contributed by atoms with Crippen LogP contribution < -0.4 is 11.5 Å². The molecule has 0 unspecified atom stereocenters. The standard InChI is InChI=1S/C8H15N3OS2/c1-14-8(6(9)13)2-4-11(5-3-8)7(10)12/h2-5H2,1H3,(H2,9,13)(H2,10,12). The summed E-state index contributed by atoms with van der Waals surface area (Å²) in [5.41, 5.74) is 10.9. The topological polar surface area (TPSA) is 72.3 Å². The number of primary amides is 1. The van der Waals surface area contributed by atoms with E-state index in [0.29, 0.717) is 18.1 Å². The van der Waals surface area contributed by atoms with E-state index in [-0.39, 0.29) is 10.8 Å². The second-order valence-corrected chi connectivity index (χ2v) is 5.02. The van der Waals surface area contributed by atoms with Crippen molar-refractivity contribution in [2.24, 2.45) is 11.5 Å². The summed E-state index contributed by atoms with van der Waals surface area (Å²) in [5, 5.41) is 0. The van der Waals surface area contributed by atoms with Crippen molar-refractivity contribution >= 4 is 35.0 Å². The van der Waals surface area contributed by atoms with E-state index in [1.54, 1.807) is 16.7 Å². The molecule has 1 rings (SSSR count). The van der Waals surface area contributed by atoms with Gasteiger partial charge in [0.25, 0.3) is 0 Å². The molecule has 4 N–H and O–H groups in total. The fourth-order valence-corrected chi connectivity index (χ4v) is 2.89. The molecule has 4 nitrogen and oxygen atoms in total. The van der Waals surface area contributed by atoms with Crippen molar-refractivity contribution in [2.75, 3.05) is 19.3 Å². The highest BCUT2D eigenvalue weighted by atomic mass is 32.2. The molecular weight excluding hydrogens is 218 g/mol. The highest BCUT2D eigenvalue weighted by Gasteiger charge is 2.37. The minimum Gasteiger partial charge on any atom is -0.392 e. The molecule has 0 bridgehead atoms. The Kier molecular flexibility index (Phi) is 3.60. The number of nitrogens with two attached hydrogens (primary N) is 2. The van der Waals surface area contributed by atoms with Crippen LogP contribution in [0.2, 0.25) is 0 Å². The molecule has 14 heavy (non-hydrogen) atoms. The predicted octanol–water partition coefficient (Wildman–Crippen LogP) is 0.549. The van der Waals surface area contributed by atoms with Gasteiger partial charge in [-0.2, -0.15) is 11.8 Å². The van der Waals surface area contributed by atoms with Crippen molar-refractivity contribution < 1.29 is 4.79 Å². The number of nitrogens with zero attached hydrogens (tertiary/aromatic N) is 1. The minimum absolute atomic E-state index is 0.138. The molecular formula is C8H15N3OS2. The monoisotopic (exact) mass is 233 g/mol. The van der Waals surface area contributed by atoms with E-state index in [9.17, 15) is 4.79 Å². The van der Waals surface area contributed by atoms with Crippen LogP contribution in [0.15, 0.2) is 0 Å². The first-order chi connectivity index (χ1) is 6.52. The summed E-state index contributed by atoms with van der Waals surface area (Å²) in [6.45, 7) is 1.29. The molecule has 0 radical (unpaired) electrons. The summed E-state index contributed by atoms with van der Waals surface area (Å²) < 4.78 is -0.138. The number of likely N-dealkylation sites (tertiary alicyclic amines) is 1. The van der Waals surface area contributed by atoms with Gasteiger partial charge in [-0.15, -0.1) is 0 Å². The van der Waals surface area contributed by atoms with E-state index < -0.39 is 0 Å². The van der Waals surface area contributed by atoms with Gasteiger partial charge in [0.1, 0.15) is 0 Å². The Labute approximate surface area is 93.4 Å². The minimum atomic E-state index is -0.359. The molecule has 1 aliphatic rings. The fraction of sp³-hybridized carbons (Fsp3) is 0.750. The van der Waals surface area contributed by atoms with Crippen LogP contribution in [0.1, 0.15) is 12.8 Å². The summed E-state index contributed by atoms with van der Waals surface area (Å²) in [7, 11) is 0. The number of rotatable bonds is 2. The molecule has 1 saturated heterocycles. The van der Waals surface area contributed by atoms with Crippen LogP contribution in [-0.2, 0) is 0 Å². The van der Waals surface area contributed by atoms with Gasteiger partial charge in [0.2, 0.25) is 0 Å². The Hall–Kier alpha value is -0.490. The maximum atomic E-state index is 10.9. The average Bonchev–Trinajstić information content (AvgIpc) is 2.17. The lowest BCUT2D eigenvalue weighted by Crippen LogP contribution is -2.51. The van der Waals surface area contributed by atoms with Gasteiger partial charge in [-0.25, -0.2) is 4.79 Å². The third-order valence-corrected chi connectivity index (χ3v) is 4.65. The number of carbonyl (C=O) groups is 1. The summed E-state index contributed by atoms with van der Waals surface area (Å²) in [6, 6.07) is -0.359. The number of hydrogen-bond donors (Lipinski definition) is 2. The number of amides is 2. The van der Waals surface area contributed by atoms with Gasteiger partial charge in [-0.05, 0) is 19.1 Å². The lowest BCUT2D eigenvalue weighted by atomic mass is 9.96. The van der Waals surface area contributed by atoms with E-state index in [0.717, 1.165) is 12.8 Å². The smallest absolute Gasteiger partial charge is 0.314 e. The SMILES string of the molecule is CSC1(C(N)=S)CCN(C(N)=O)CC1. The van der Waals surface area contributed by atoms with Gasteiger partial charge in [0.05, 0.1) is 9.74 Å². The van der Waals surface area contributed by atoms with E-state index in [1.165, 1.54) is 0 Å². The highest BCUT2D eigenvalue weighted by molar-refractivity contribution is 8.02. The zero-order valence-electron chi connectivity index (χ0n) is 8.16. The lowest BCUT2D eigenvalue weighted by Gasteiger charge is -2.39. The fourth-order valence-electron chi connectivity index (χ4n) is 1.64. The van der Waals surface area contributed by atoms with Crippen molar-refractivity contribution in [1.29, 1.82) is 0 Å². The van der Waals surface area contributed by atoms with Crippen LogP contribution in [0.25, 0.3) is 0 Å². The van der Waals surface area contributed by atoms with Crippen LogP contribution in [0.3, 0.4) is 0 Å². The predicted molar refractivity (Wildman–Crippen MR) is 63.4 cm³/mol. The average molecular weight is 233 g/mol. The highest BCUT2D eigenvalue weighted by Crippen LogP contribution is 2.34. The zero-order chi connectivity index (χ0) is 10.8. The van der Waals surface area contributed by atoms with Gasteiger partial charge in [-0.1, -0.05) is 12.2 Å². The number of carbonyl (C=O) groups excluding carboxylic acids is 1. The van der Waals surface area contributed by atoms with Crippen LogP contribution in [0, 0.1) is 0 Å². The first-order valence-corrected chi connectivity index (χ1v) is 6.04. The summed E-state index contributed by atoms with van der Waals surface area (Å²) in [6.07, 6.45) is 3.60. The Morgan fingerprint density at radius 1 is 1.43 bits per heavy atom. The number of hydrogen-bond acceptors (Lipinski definition) is 3. The molecule has 1 aliphatic heterocycles. The lowest BCUT2D eigenvalue weighted by molar-refractivity contribution is 0.193. The molecule has 0 spiro atoms. The summed E-state index contributed by atoms with van der Waals surface area (Å²) in [4.78, 5) is 13.1. The molecule has 1 fully saturated rings. The molecule has 0 atom stereocenters. The molecule has 1 heterocycles. The number of thioether (sulfide) groups is 1. The third kappa shape index (κ3) is 2.12. The van der Waals surface area contributed by atoms with E-state index in [2.05, 4.69) is 0 Å². The van der Waals surface area contributed by atoms with Crippen LogP contribution in [-0.4, -0.2) is 40.0 Å². The Morgan fingerprint density at radius 2 is 1.93 bits per heavy atom. The molecule has 80 valence electrons. The summed E-state index contributed by atoms with van der Waals surface area (Å²) in [5.74, 6) is 0. The van der Waals surface area contributed by atoms with Crippen LogP contribution in [0.5, 0.6) is 0 Å². The molecule has 0 aliphatic carbocycles. The van der Waals surface area contributed by atoms with Gasteiger partial charge in [-0.3, -0.25) is 0 Å². The molecule has 0 saturated carbocycles. The van der Waals surface area contributed by atoms with E-state index in [4.69, 9.17) is 23.7 Å². The van der Waals surface area contributed by atoms with E-state index >= 15 is 0 Å². The van der Waals surface area contributed by atoms with Crippen molar-refractivity contribution in [3.05, 3.63) is 0 Å². The number of piperidine rings is 1. The molecule has 0 aromatic heterocycles. The van der Waals surface area contributed by atoms with Gasteiger partial charge >= 0.3 is 6.03 Å². The number of thiocarbonyl (C=S) groups is 1. The van der Waals surface area contributed by atoms with Crippen molar-refractivity contribution in [3.8, 4) is 0 Å². The molecule has 0 aromatic rings. The van der Waals surface area contributed by atoms with Crippen molar-refractivity contribution in [1.82, 2.24) is 4.90 Å². The largest absolute Gasteiger partial charge is 0.392 e. The first kappa shape index (κ1) is 11.6. The second-order valence-electron chi connectivity index (χ2n) is 3.39. The second kappa shape index (κ2) is 4.35.